The summed E-state index contributed by atoms with van der Waals surface area (Å²) in [6, 6.07) is 7.18. The van der Waals surface area contributed by atoms with Gasteiger partial charge in [0.2, 0.25) is 0 Å². The number of nitrogens with one attached hydrogen (secondary N) is 1. The molecular formula is C17H24N2O3S. The van der Waals surface area contributed by atoms with Gasteiger partial charge in [-0.05, 0) is 42.8 Å². The van der Waals surface area contributed by atoms with Gasteiger partial charge in [0.05, 0.1) is 19.8 Å². The van der Waals surface area contributed by atoms with E-state index in [9.17, 15) is 4.79 Å². The standard InChI is InChI=1S/C17H24N2O3S/c1-13(2)6-9-22-15-5-3-4-14(12-15)16(20)18-17(23)19-7-10-21-11-8-19/h3-5,12-13H,6-11H2,1-2H3,(H,18,20,23). The van der Waals surface area contributed by atoms with Crippen molar-refractivity contribution in [3.8, 4) is 5.75 Å². The number of amides is 1. The average molecular weight is 336 g/mol. The number of thiocarbonyl (C=S) groups is 1. The van der Waals surface area contributed by atoms with Gasteiger partial charge in [0.1, 0.15) is 5.75 Å². The molecule has 1 amide bonds. The lowest BCUT2D eigenvalue weighted by Crippen LogP contribution is -2.47. The molecule has 1 N–H and O–H groups in total. The second-order valence-electron chi connectivity index (χ2n) is 5.92. The Balaban J connectivity index is 1.89. The Morgan fingerprint density at radius 1 is 1.39 bits per heavy atom. The van der Waals surface area contributed by atoms with Crippen LogP contribution >= 0.6 is 12.2 Å². The third kappa shape index (κ3) is 5.80. The Hall–Kier alpha value is -1.66. The van der Waals surface area contributed by atoms with Crippen LogP contribution in [0.3, 0.4) is 0 Å². The summed E-state index contributed by atoms with van der Waals surface area (Å²) in [7, 11) is 0. The molecule has 2 rings (SSSR count). The Morgan fingerprint density at radius 3 is 2.83 bits per heavy atom. The van der Waals surface area contributed by atoms with Crippen LogP contribution < -0.4 is 10.1 Å². The number of benzene rings is 1. The molecule has 1 aromatic carbocycles. The molecule has 126 valence electrons. The molecular weight excluding hydrogens is 312 g/mol. The third-order valence-corrected chi connectivity index (χ3v) is 3.94. The van der Waals surface area contributed by atoms with Crippen molar-refractivity contribution < 1.29 is 14.3 Å². The predicted molar refractivity (Wildman–Crippen MR) is 93.8 cm³/mol. The highest BCUT2D eigenvalue weighted by Gasteiger charge is 2.16. The van der Waals surface area contributed by atoms with Gasteiger partial charge < -0.3 is 14.4 Å². The summed E-state index contributed by atoms with van der Waals surface area (Å²) < 4.78 is 11.0. The van der Waals surface area contributed by atoms with Crippen molar-refractivity contribution in [1.82, 2.24) is 10.2 Å². The molecule has 6 heteroatoms. The smallest absolute Gasteiger partial charge is 0.257 e. The minimum Gasteiger partial charge on any atom is -0.494 e. The van der Waals surface area contributed by atoms with E-state index in [0.29, 0.717) is 55.3 Å². The molecule has 1 saturated heterocycles. The molecule has 0 unspecified atom stereocenters. The van der Waals surface area contributed by atoms with E-state index in [1.54, 1.807) is 12.1 Å². The number of morpholine rings is 1. The van der Waals surface area contributed by atoms with Gasteiger partial charge in [-0.3, -0.25) is 10.1 Å². The van der Waals surface area contributed by atoms with Crippen LogP contribution in [0, 0.1) is 5.92 Å². The lowest BCUT2D eigenvalue weighted by Gasteiger charge is -2.28. The molecule has 0 radical (unpaired) electrons. The van der Waals surface area contributed by atoms with Gasteiger partial charge in [0.15, 0.2) is 5.11 Å². The molecule has 1 aliphatic rings. The van der Waals surface area contributed by atoms with Crippen LogP contribution in [0.5, 0.6) is 5.75 Å². The maximum absolute atomic E-state index is 12.3. The van der Waals surface area contributed by atoms with Crippen molar-refractivity contribution in [1.29, 1.82) is 0 Å². The third-order valence-electron chi connectivity index (χ3n) is 3.58. The normalized spacial score (nSPS) is 14.7. The second kappa shape index (κ2) is 8.84. The van der Waals surface area contributed by atoms with E-state index in [1.165, 1.54) is 0 Å². The zero-order valence-electron chi connectivity index (χ0n) is 13.7. The van der Waals surface area contributed by atoms with Crippen LogP contribution in [0.25, 0.3) is 0 Å². The average Bonchev–Trinajstić information content (AvgIpc) is 2.55. The van der Waals surface area contributed by atoms with Gasteiger partial charge in [-0.2, -0.15) is 0 Å². The van der Waals surface area contributed by atoms with Gasteiger partial charge in [-0.1, -0.05) is 19.9 Å². The summed E-state index contributed by atoms with van der Waals surface area (Å²) in [4.78, 5) is 14.3. The highest BCUT2D eigenvalue weighted by atomic mass is 32.1. The quantitative estimate of drug-likeness (QED) is 0.837. The van der Waals surface area contributed by atoms with Crippen molar-refractivity contribution in [2.45, 2.75) is 20.3 Å². The molecule has 23 heavy (non-hydrogen) atoms. The predicted octanol–water partition coefficient (Wildman–Crippen LogP) is 2.46. The molecule has 0 aromatic heterocycles. The molecule has 1 aromatic rings. The van der Waals surface area contributed by atoms with E-state index in [0.717, 1.165) is 6.42 Å². The first kappa shape index (κ1) is 17.7. The van der Waals surface area contributed by atoms with Crippen molar-refractivity contribution in [2.24, 2.45) is 5.92 Å². The van der Waals surface area contributed by atoms with Crippen molar-refractivity contribution >= 4 is 23.2 Å². The van der Waals surface area contributed by atoms with Crippen LogP contribution in [-0.2, 0) is 4.74 Å². The molecule has 1 heterocycles. The van der Waals surface area contributed by atoms with Crippen LogP contribution in [0.4, 0.5) is 0 Å². The Morgan fingerprint density at radius 2 is 2.13 bits per heavy atom. The van der Waals surface area contributed by atoms with Crippen molar-refractivity contribution in [3.05, 3.63) is 29.8 Å². The minimum absolute atomic E-state index is 0.212. The Kier molecular flexibility index (Phi) is 6.80. The molecule has 0 spiro atoms. The Labute approximate surface area is 142 Å². The number of ether oxygens (including phenoxy) is 2. The monoisotopic (exact) mass is 336 g/mol. The first-order valence-corrected chi connectivity index (χ1v) is 8.38. The maximum atomic E-state index is 12.3. The number of hydrogen-bond acceptors (Lipinski definition) is 4. The number of rotatable bonds is 5. The Bertz CT molecular complexity index is 542. The first-order valence-electron chi connectivity index (χ1n) is 7.97. The molecule has 1 aliphatic heterocycles. The van der Waals surface area contributed by atoms with E-state index in [-0.39, 0.29) is 5.91 Å². The molecule has 0 saturated carbocycles. The number of nitrogens with zero attached hydrogens (tertiary/aromatic N) is 1. The van der Waals surface area contributed by atoms with Gasteiger partial charge >= 0.3 is 0 Å². The van der Waals surface area contributed by atoms with Crippen LogP contribution in [-0.4, -0.2) is 48.8 Å². The van der Waals surface area contributed by atoms with Gasteiger partial charge in [-0.15, -0.1) is 0 Å². The number of carbonyl (C=O) groups is 1. The van der Waals surface area contributed by atoms with E-state index in [4.69, 9.17) is 21.7 Å². The minimum atomic E-state index is -0.212. The summed E-state index contributed by atoms with van der Waals surface area (Å²) in [5.41, 5.74) is 0.544. The van der Waals surface area contributed by atoms with Crippen LogP contribution in [0.2, 0.25) is 0 Å². The molecule has 5 nitrogen and oxygen atoms in total. The molecule has 1 fully saturated rings. The number of hydrogen-bond donors (Lipinski definition) is 1. The van der Waals surface area contributed by atoms with Crippen molar-refractivity contribution in [3.63, 3.8) is 0 Å². The van der Waals surface area contributed by atoms with Crippen molar-refractivity contribution in [2.75, 3.05) is 32.9 Å². The lowest BCUT2D eigenvalue weighted by atomic mass is 10.1. The van der Waals surface area contributed by atoms with Crippen LogP contribution in [0.15, 0.2) is 24.3 Å². The number of carbonyl (C=O) groups excluding carboxylic acids is 1. The highest BCUT2D eigenvalue weighted by molar-refractivity contribution is 7.80. The zero-order valence-corrected chi connectivity index (χ0v) is 14.5. The van der Waals surface area contributed by atoms with Gasteiger partial charge in [0.25, 0.3) is 5.91 Å². The molecule has 0 aliphatic carbocycles. The summed E-state index contributed by atoms with van der Waals surface area (Å²) in [5.74, 6) is 1.08. The summed E-state index contributed by atoms with van der Waals surface area (Å²) >= 11 is 5.29. The highest BCUT2D eigenvalue weighted by Crippen LogP contribution is 2.14. The summed E-state index contributed by atoms with van der Waals surface area (Å²) in [6.07, 6.45) is 0.984. The molecule has 0 atom stereocenters. The fourth-order valence-electron chi connectivity index (χ4n) is 2.15. The van der Waals surface area contributed by atoms with Gasteiger partial charge in [-0.25, -0.2) is 0 Å². The molecule has 0 bridgehead atoms. The topological polar surface area (TPSA) is 50.8 Å². The van der Waals surface area contributed by atoms with Crippen LogP contribution in [0.1, 0.15) is 30.6 Å². The lowest BCUT2D eigenvalue weighted by molar-refractivity contribution is 0.0669. The second-order valence-corrected chi connectivity index (χ2v) is 6.30. The van der Waals surface area contributed by atoms with E-state index in [1.807, 2.05) is 17.0 Å². The first-order chi connectivity index (χ1) is 11.1. The summed E-state index contributed by atoms with van der Waals surface area (Å²) in [6.45, 7) is 7.63. The van der Waals surface area contributed by atoms with E-state index in [2.05, 4.69) is 19.2 Å². The zero-order chi connectivity index (χ0) is 16.7. The summed E-state index contributed by atoms with van der Waals surface area (Å²) in [5, 5.41) is 3.22. The fraction of sp³-hybridized carbons (Fsp3) is 0.529. The van der Waals surface area contributed by atoms with E-state index >= 15 is 0 Å². The SMILES string of the molecule is CC(C)CCOc1cccc(C(=O)NC(=S)N2CCOCC2)c1. The fourth-order valence-corrected chi connectivity index (χ4v) is 2.43. The van der Waals surface area contributed by atoms with E-state index < -0.39 is 0 Å². The largest absolute Gasteiger partial charge is 0.494 e. The maximum Gasteiger partial charge on any atom is 0.257 e. The van der Waals surface area contributed by atoms with Gasteiger partial charge in [0, 0.05) is 18.7 Å².